The van der Waals surface area contributed by atoms with E-state index in [-0.39, 0.29) is 6.79 Å². The van der Waals surface area contributed by atoms with Gasteiger partial charge in [-0.05, 0) is 17.7 Å². The Labute approximate surface area is 120 Å². The van der Waals surface area contributed by atoms with Gasteiger partial charge in [-0.25, -0.2) is 0 Å². The van der Waals surface area contributed by atoms with Crippen LogP contribution in [0.3, 0.4) is 0 Å². The van der Waals surface area contributed by atoms with Gasteiger partial charge in [0.25, 0.3) is 0 Å². The summed E-state index contributed by atoms with van der Waals surface area (Å²) in [6, 6.07) is 3.86. The normalized spacial score (nSPS) is 24.9. The van der Waals surface area contributed by atoms with Crippen LogP contribution in [0.25, 0.3) is 0 Å². The van der Waals surface area contributed by atoms with Gasteiger partial charge < -0.3 is 24.6 Å². The number of hydrogen-bond acceptors (Lipinski definition) is 5. The van der Waals surface area contributed by atoms with Crippen LogP contribution in [0.15, 0.2) is 16.6 Å². The molecule has 0 amide bonds. The zero-order valence-corrected chi connectivity index (χ0v) is 12.0. The van der Waals surface area contributed by atoms with Gasteiger partial charge in [0.05, 0.1) is 6.61 Å². The van der Waals surface area contributed by atoms with Gasteiger partial charge >= 0.3 is 0 Å². The van der Waals surface area contributed by atoms with E-state index in [9.17, 15) is 5.11 Å². The van der Waals surface area contributed by atoms with Gasteiger partial charge in [0.15, 0.2) is 11.5 Å². The summed E-state index contributed by atoms with van der Waals surface area (Å²) in [7, 11) is 0. The summed E-state index contributed by atoms with van der Waals surface area (Å²) in [5.41, 5.74) is 0.342. The lowest BCUT2D eigenvalue weighted by Crippen LogP contribution is -2.40. The highest BCUT2D eigenvalue weighted by Gasteiger charge is 2.31. The second kappa shape index (κ2) is 5.28. The monoisotopic (exact) mass is 329 g/mol. The molecular formula is C13H16BrNO4. The Kier molecular flexibility index (Phi) is 3.66. The fraction of sp³-hybridized carbons (Fsp3) is 0.538. The first kappa shape index (κ1) is 13.2. The summed E-state index contributed by atoms with van der Waals surface area (Å²) in [5, 5.41) is 13.4. The summed E-state index contributed by atoms with van der Waals surface area (Å²) >= 11 is 3.51. The average molecular weight is 330 g/mol. The predicted molar refractivity (Wildman–Crippen MR) is 72.4 cm³/mol. The summed E-state index contributed by atoms with van der Waals surface area (Å²) in [6.45, 7) is 2.48. The van der Waals surface area contributed by atoms with Gasteiger partial charge in [-0.3, -0.25) is 0 Å². The lowest BCUT2D eigenvalue weighted by Gasteiger charge is -2.21. The van der Waals surface area contributed by atoms with E-state index in [1.165, 1.54) is 0 Å². The van der Waals surface area contributed by atoms with Crippen molar-refractivity contribution in [2.45, 2.75) is 18.6 Å². The molecule has 19 heavy (non-hydrogen) atoms. The molecule has 1 aromatic carbocycles. The van der Waals surface area contributed by atoms with Crippen molar-refractivity contribution in [3.63, 3.8) is 0 Å². The fourth-order valence-corrected chi connectivity index (χ4v) is 2.72. The lowest BCUT2D eigenvalue weighted by atomic mass is 10.0. The van der Waals surface area contributed by atoms with E-state index in [4.69, 9.17) is 14.2 Å². The van der Waals surface area contributed by atoms with Gasteiger partial charge in [-0.1, -0.05) is 15.9 Å². The second-order valence-corrected chi connectivity index (χ2v) is 5.78. The van der Waals surface area contributed by atoms with Crippen molar-refractivity contribution in [2.24, 2.45) is 0 Å². The highest BCUT2D eigenvalue weighted by molar-refractivity contribution is 9.10. The SMILES string of the molecule is OC1(CNCc2cc3c(cc2Br)OCO3)CCOC1. The Bertz CT molecular complexity index is 474. The first-order valence-corrected chi connectivity index (χ1v) is 7.04. The van der Waals surface area contributed by atoms with E-state index >= 15 is 0 Å². The van der Waals surface area contributed by atoms with Crippen molar-refractivity contribution < 1.29 is 19.3 Å². The van der Waals surface area contributed by atoms with Crippen molar-refractivity contribution in [1.29, 1.82) is 0 Å². The summed E-state index contributed by atoms with van der Waals surface area (Å²) < 4.78 is 16.8. The maximum absolute atomic E-state index is 10.1. The van der Waals surface area contributed by atoms with Gasteiger partial charge in [0.2, 0.25) is 6.79 Å². The Balaban J connectivity index is 1.61. The molecule has 1 saturated heterocycles. The smallest absolute Gasteiger partial charge is 0.231 e. The molecule has 104 valence electrons. The number of fused-ring (bicyclic) bond motifs is 1. The topological polar surface area (TPSA) is 60.0 Å². The van der Waals surface area contributed by atoms with Crippen LogP contribution in [0.1, 0.15) is 12.0 Å². The third kappa shape index (κ3) is 2.86. The predicted octanol–water partition coefficient (Wildman–Crippen LogP) is 1.42. The molecule has 0 bridgehead atoms. The Morgan fingerprint density at radius 3 is 2.84 bits per heavy atom. The third-order valence-corrected chi connectivity index (χ3v) is 4.13. The number of nitrogens with one attached hydrogen (secondary N) is 1. The van der Waals surface area contributed by atoms with Crippen molar-refractivity contribution in [3.05, 3.63) is 22.2 Å². The van der Waals surface area contributed by atoms with Crippen molar-refractivity contribution in [2.75, 3.05) is 26.6 Å². The Hall–Kier alpha value is -0.820. The maximum Gasteiger partial charge on any atom is 0.231 e. The van der Waals surface area contributed by atoms with E-state index in [0.29, 0.717) is 32.7 Å². The molecule has 0 spiro atoms. The second-order valence-electron chi connectivity index (χ2n) is 4.93. The van der Waals surface area contributed by atoms with Crippen LogP contribution in [0.5, 0.6) is 11.5 Å². The molecular weight excluding hydrogens is 314 g/mol. The van der Waals surface area contributed by atoms with Gasteiger partial charge in [0, 0.05) is 30.6 Å². The molecule has 6 heteroatoms. The molecule has 1 fully saturated rings. The molecule has 2 aliphatic heterocycles. The van der Waals surface area contributed by atoms with Crippen LogP contribution in [-0.4, -0.2) is 37.3 Å². The van der Waals surface area contributed by atoms with Gasteiger partial charge in [-0.2, -0.15) is 0 Å². The minimum absolute atomic E-state index is 0.274. The molecule has 2 aliphatic rings. The molecule has 1 unspecified atom stereocenters. The van der Waals surface area contributed by atoms with Crippen molar-refractivity contribution in [3.8, 4) is 11.5 Å². The minimum atomic E-state index is -0.733. The average Bonchev–Trinajstić information content (AvgIpc) is 2.98. The minimum Gasteiger partial charge on any atom is -0.454 e. The first-order chi connectivity index (χ1) is 9.16. The largest absolute Gasteiger partial charge is 0.454 e. The lowest BCUT2D eigenvalue weighted by molar-refractivity contribution is 0.0268. The highest BCUT2D eigenvalue weighted by atomic mass is 79.9. The highest BCUT2D eigenvalue weighted by Crippen LogP contribution is 2.36. The van der Waals surface area contributed by atoms with E-state index in [1.54, 1.807) is 0 Å². The number of rotatable bonds is 4. The third-order valence-electron chi connectivity index (χ3n) is 3.39. The summed E-state index contributed by atoms with van der Waals surface area (Å²) in [5.74, 6) is 1.53. The number of aliphatic hydroxyl groups is 1. The molecule has 5 nitrogen and oxygen atoms in total. The summed E-state index contributed by atoms with van der Waals surface area (Å²) in [6.07, 6.45) is 0.683. The van der Waals surface area contributed by atoms with E-state index in [2.05, 4.69) is 21.2 Å². The zero-order valence-electron chi connectivity index (χ0n) is 10.4. The number of ether oxygens (including phenoxy) is 3. The molecule has 2 N–H and O–H groups in total. The number of benzene rings is 1. The summed E-state index contributed by atoms with van der Waals surface area (Å²) in [4.78, 5) is 0. The van der Waals surface area contributed by atoms with Gasteiger partial charge in [0.1, 0.15) is 5.60 Å². The molecule has 3 rings (SSSR count). The number of hydrogen-bond donors (Lipinski definition) is 2. The first-order valence-electron chi connectivity index (χ1n) is 6.25. The fourth-order valence-electron chi connectivity index (χ4n) is 2.26. The molecule has 2 heterocycles. The molecule has 1 atom stereocenters. The van der Waals surface area contributed by atoms with E-state index in [0.717, 1.165) is 21.5 Å². The van der Waals surface area contributed by atoms with Crippen LogP contribution < -0.4 is 14.8 Å². The zero-order chi connectivity index (χ0) is 13.3. The quantitative estimate of drug-likeness (QED) is 0.874. The molecule has 1 aromatic rings. The molecule has 0 aromatic heterocycles. The Morgan fingerprint density at radius 1 is 1.32 bits per heavy atom. The Morgan fingerprint density at radius 2 is 2.11 bits per heavy atom. The maximum atomic E-state index is 10.1. The molecule has 0 aliphatic carbocycles. The van der Waals surface area contributed by atoms with E-state index in [1.807, 2.05) is 12.1 Å². The van der Waals surface area contributed by atoms with Crippen molar-refractivity contribution >= 4 is 15.9 Å². The molecule has 0 radical (unpaired) electrons. The van der Waals surface area contributed by atoms with E-state index < -0.39 is 5.60 Å². The standard InChI is InChI=1S/C13H16BrNO4/c14-10-4-12-11(18-8-19-12)3-9(10)5-15-6-13(16)1-2-17-7-13/h3-4,15-16H,1-2,5-8H2. The van der Waals surface area contributed by atoms with Gasteiger partial charge in [-0.15, -0.1) is 0 Å². The number of halogens is 1. The van der Waals surface area contributed by atoms with Crippen LogP contribution in [0.4, 0.5) is 0 Å². The van der Waals surface area contributed by atoms with Crippen LogP contribution in [-0.2, 0) is 11.3 Å². The van der Waals surface area contributed by atoms with Crippen LogP contribution in [0, 0.1) is 0 Å². The molecule has 0 saturated carbocycles. The van der Waals surface area contributed by atoms with Crippen molar-refractivity contribution in [1.82, 2.24) is 5.32 Å². The van der Waals surface area contributed by atoms with Crippen LogP contribution >= 0.6 is 15.9 Å². The van der Waals surface area contributed by atoms with Crippen LogP contribution in [0.2, 0.25) is 0 Å².